The first kappa shape index (κ1) is 18.9. The molecule has 0 bridgehead atoms. The van der Waals surface area contributed by atoms with Gasteiger partial charge in [-0.15, -0.1) is 0 Å². The predicted molar refractivity (Wildman–Crippen MR) is 103 cm³/mol. The molecule has 0 spiro atoms. The molecule has 0 aromatic heterocycles. The molecule has 0 heterocycles. The summed E-state index contributed by atoms with van der Waals surface area (Å²) in [5.74, 6) is 0. The quantitative estimate of drug-likeness (QED) is 0.543. The first-order valence-electron chi connectivity index (χ1n) is 8.76. The van der Waals surface area contributed by atoms with Gasteiger partial charge in [0, 0.05) is 16.7 Å². The third-order valence-electron chi connectivity index (χ3n) is 4.75. The van der Waals surface area contributed by atoms with Crippen molar-refractivity contribution in [2.45, 2.75) is 26.6 Å². The van der Waals surface area contributed by atoms with Crippen LogP contribution in [0, 0.1) is 0 Å². The topological polar surface area (TPSA) is 30.0 Å². The van der Waals surface area contributed by atoms with E-state index in [4.69, 9.17) is 0 Å². The van der Waals surface area contributed by atoms with Gasteiger partial charge >= 0.3 is 0 Å². The van der Waals surface area contributed by atoms with Crippen molar-refractivity contribution < 1.29 is 9.96 Å². The van der Waals surface area contributed by atoms with Crippen LogP contribution in [0.2, 0.25) is 0 Å². The van der Waals surface area contributed by atoms with Gasteiger partial charge in [-0.25, -0.2) is 0 Å². The van der Waals surface area contributed by atoms with Gasteiger partial charge in [0.05, 0.1) is 6.54 Å². The maximum atomic E-state index is 2.31. The van der Waals surface area contributed by atoms with E-state index in [-0.39, 0.29) is 5.48 Å². The van der Waals surface area contributed by atoms with Crippen LogP contribution in [0.15, 0.2) is 91.0 Å². The van der Waals surface area contributed by atoms with Gasteiger partial charge in [-0.3, -0.25) is 0 Å². The van der Waals surface area contributed by atoms with Crippen LogP contribution in [0.4, 0.5) is 0 Å². The maximum Gasteiger partial charge on any atom is 0.105 e. The molecule has 25 heavy (non-hydrogen) atoms. The van der Waals surface area contributed by atoms with Crippen molar-refractivity contribution in [2.75, 3.05) is 6.54 Å². The molecule has 0 aliphatic heterocycles. The maximum absolute atomic E-state index is 2.31. The van der Waals surface area contributed by atoms with Crippen molar-refractivity contribution in [3.05, 3.63) is 108 Å². The van der Waals surface area contributed by atoms with Crippen molar-refractivity contribution >= 4 is 0 Å². The Hall–Kier alpha value is -2.42. The van der Waals surface area contributed by atoms with Crippen LogP contribution in [0.5, 0.6) is 0 Å². The molecule has 1 N–H and O–H groups in total. The van der Waals surface area contributed by atoms with Gasteiger partial charge < -0.3 is 9.96 Å². The summed E-state index contributed by atoms with van der Waals surface area (Å²) in [4.78, 5) is 0. The minimum Gasteiger partial charge on any atom is -0.870 e. The number of hydrogen-bond acceptors (Lipinski definition) is 1. The highest BCUT2D eigenvalue weighted by Gasteiger charge is 2.26. The third-order valence-corrected chi connectivity index (χ3v) is 4.75. The van der Waals surface area contributed by atoms with Crippen molar-refractivity contribution in [3.63, 3.8) is 0 Å². The Balaban J connectivity index is 0.00000225. The van der Waals surface area contributed by atoms with Crippen LogP contribution in [-0.2, 0) is 19.6 Å². The van der Waals surface area contributed by atoms with E-state index in [0.717, 1.165) is 30.7 Å². The minimum absolute atomic E-state index is 0. The summed E-state index contributed by atoms with van der Waals surface area (Å²) in [5, 5.41) is 0. The molecule has 0 aliphatic rings. The van der Waals surface area contributed by atoms with E-state index in [2.05, 4.69) is 97.9 Å². The van der Waals surface area contributed by atoms with Crippen molar-refractivity contribution in [2.24, 2.45) is 0 Å². The monoisotopic (exact) mass is 333 g/mol. The van der Waals surface area contributed by atoms with E-state index in [1.807, 2.05) is 0 Å². The largest absolute Gasteiger partial charge is 0.870 e. The van der Waals surface area contributed by atoms with Gasteiger partial charge in [0.15, 0.2) is 0 Å². The van der Waals surface area contributed by atoms with Crippen LogP contribution in [0.1, 0.15) is 23.6 Å². The van der Waals surface area contributed by atoms with Gasteiger partial charge in [-0.1, -0.05) is 91.0 Å². The van der Waals surface area contributed by atoms with Crippen molar-refractivity contribution in [1.82, 2.24) is 0 Å². The van der Waals surface area contributed by atoms with Crippen LogP contribution in [-0.4, -0.2) is 16.5 Å². The van der Waals surface area contributed by atoms with Crippen LogP contribution in [0.3, 0.4) is 0 Å². The van der Waals surface area contributed by atoms with Gasteiger partial charge in [0.2, 0.25) is 0 Å². The van der Waals surface area contributed by atoms with Crippen LogP contribution < -0.4 is 0 Å². The van der Waals surface area contributed by atoms with E-state index in [9.17, 15) is 0 Å². The van der Waals surface area contributed by atoms with Crippen LogP contribution >= 0.6 is 0 Å². The molecule has 0 amide bonds. The Kier molecular flexibility index (Phi) is 6.93. The van der Waals surface area contributed by atoms with Gasteiger partial charge in [0.25, 0.3) is 0 Å². The lowest BCUT2D eigenvalue weighted by Crippen LogP contribution is -2.45. The fourth-order valence-electron chi connectivity index (χ4n) is 3.42. The second kappa shape index (κ2) is 9.16. The first-order chi connectivity index (χ1) is 11.8. The Bertz CT molecular complexity index is 624. The average Bonchev–Trinajstić information content (AvgIpc) is 2.64. The number of nitrogens with zero attached hydrogens (tertiary/aromatic N) is 1. The van der Waals surface area contributed by atoms with E-state index in [1.165, 1.54) is 16.7 Å². The molecule has 0 radical (unpaired) electrons. The second-order valence-electron chi connectivity index (χ2n) is 6.59. The summed E-state index contributed by atoms with van der Waals surface area (Å²) in [5.41, 5.74) is 4.23. The number of benzene rings is 3. The Morgan fingerprint density at radius 1 is 0.520 bits per heavy atom. The molecule has 0 unspecified atom stereocenters. The molecule has 0 atom stereocenters. The zero-order chi connectivity index (χ0) is 16.7. The SMILES string of the molecule is CC[N+](Cc1ccccc1)(Cc1ccccc1)Cc1ccccc1.[OH-]. The zero-order valence-corrected chi connectivity index (χ0v) is 14.9. The molecular formula is C23H27NO. The van der Waals surface area contributed by atoms with E-state index in [0.29, 0.717) is 0 Å². The van der Waals surface area contributed by atoms with Gasteiger partial charge in [-0.2, -0.15) is 0 Å². The van der Waals surface area contributed by atoms with Gasteiger partial charge in [-0.05, 0) is 6.92 Å². The van der Waals surface area contributed by atoms with Crippen molar-refractivity contribution in [1.29, 1.82) is 0 Å². The zero-order valence-electron chi connectivity index (χ0n) is 14.9. The normalized spacial score (nSPS) is 10.9. The lowest BCUT2D eigenvalue weighted by Gasteiger charge is -2.38. The van der Waals surface area contributed by atoms with Crippen molar-refractivity contribution in [3.8, 4) is 0 Å². The molecule has 0 aliphatic carbocycles. The lowest BCUT2D eigenvalue weighted by atomic mass is 10.1. The predicted octanol–water partition coefficient (Wildman–Crippen LogP) is 5.25. The fraction of sp³-hybridized carbons (Fsp3) is 0.217. The standard InChI is InChI=1S/C23H26N.H2O/c1-2-24(18-21-12-6-3-7-13-21,19-22-14-8-4-9-15-22)20-23-16-10-5-11-17-23;/h3-17H,2,18-20H2,1H3;1H2/q+1;/p-1. The summed E-state index contributed by atoms with van der Waals surface area (Å²) in [7, 11) is 0. The minimum atomic E-state index is 0. The summed E-state index contributed by atoms with van der Waals surface area (Å²) < 4.78 is 1.04. The molecule has 3 aromatic rings. The summed E-state index contributed by atoms with van der Waals surface area (Å²) in [6.45, 7) is 6.59. The Labute approximate surface area is 151 Å². The molecule has 0 fully saturated rings. The highest BCUT2D eigenvalue weighted by Crippen LogP contribution is 2.23. The Morgan fingerprint density at radius 2 is 0.800 bits per heavy atom. The molecule has 2 heteroatoms. The molecular weight excluding hydrogens is 306 g/mol. The summed E-state index contributed by atoms with van der Waals surface area (Å²) >= 11 is 0. The smallest absolute Gasteiger partial charge is 0.105 e. The molecule has 0 saturated carbocycles. The summed E-state index contributed by atoms with van der Waals surface area (Å²) in [6, 6.07) is 32.6. The molecule has 3 rings (SSSR count). The molecule has 0 saturated heterocycles. The number of rotatable bonds is 7. The van der Waals surface area contributed by atoms with E-state index >= 15 is 0 Å². The third kappa shape index (κ3) is 5.28. The molecule has 130 valence electrons. The highest BCUT2D eigenvalue weighted by atomic mass is 16.0. The average molecular weight is 333 g/mol. The summed E-state index contributed by atoms with van der Waals surface area (Å²) in [6.07, 6.45) is 0. The lowest BCUT2D eigenvalue weighted by molar-refractivity contribution is -0.964. The Morgan fingerprint density at radius 3 is 1.04 bits per heavy atom. The fourth-order valence-corrected chi connectivity index (χ4v) is 3.42. The number of quaternary nitrogens is 1. The van der Waals surface area contributed by atoms with E-state index < -0.39 is 0 Å². The highest BCUT2D eigenvalue weighted by molar-refractivity contribution is 5.17. The van der Waals surface area contributed by atoms with Gasteiger partial charge in [0.1, 0.15) is 19.6 Å². The number of hydrogen-bond donors (Lipinski definition) is 0. The first-order valence-corrected chi connectivity index (χ1v) is 8.76. The van der Waals surface area contributed by atoms with Crippen LogP contribution in [0.25, 0.3) is 0 Å². The molecule has 2 nitrogen and oxygen atoms in total. The molecule has 3 aromatic carbocycles. The van der Waals surface area contributed by atoms with E-state index in [1.54, 1.807) is 0 Å². The second-order valence-corrected chi connectivity index (χ2v) is 6.59.